The van der Waals surface area contributed by atoms with Crippen LogP contribution in [0.15, 0.2) is 0 Å². The summed E-state index contributed by atoms with van der Waals surface area (Å²) in [6, 6.07) is 0. The third-order valence-corrected chi connectivity index (χ3v) is 3.94. The molecule has 17 heavy (non-hydrogen) atoms. The number of carbonyl (C=O) groups is 1. The van der Waals surface area contributed by atoms with Gasteiger partial charge in [-0.1, -0.05) is 13.3 Å². The largest absolute Gasteiger partial charge is 0.342 e. The van der Waals surface area contributed by atoms with Crippen LogP contribution in [0.5, 0.6) is 0 Å². The van der Waals surface area contributed by atoms with Crippen LogP contribution in [0.25, 0.3) is 0 Å². The van der Waals surface area contributed by atoms with E-state index in [0.29, 0.717) is 5.91 Å². The van der Waals surface area contributed by atoms with Gasteiger partial charge in [0.2, 0.25) is 5.91 Å². The van der Waals surface area contributed by atoms with E-state index in [9.17, 15) is 4.79 Å². The van der Waals surface area contributed by atoms with E-state index in [1.165, 1.54) is 25.7 Å². The van der Waals surface area contributed by atoms with Crippen LogP contribution in [0.1, 0.15) is 39.0 Å². The Bertz CT molecular complexity index is 240. The van der Waals surface area contributed by atoms with Crippen molar-refractivity contribution in [2.75, 3.05) is 26.2 Å². The second-order valence-electron chi connectivity index (χ2n) is 5.27. The maximum atomic E-state index is 12.2. The lowest BCUT2D eigenvalue weighted by Crippen LogP contribution is -2.43. The molecular formula is C13H25ClN2O. The molecular weight excluding hydrogens is 236 g/mol. The predicted octanol–water partition coefficient (Wildman–Crippen LogP) is 2.06. The molecule has 2 saturated heterocycles. The summed E-state index contributed by atoms with van der Waals surface area (Å²) in [7, 11) is 0. The van der Waals surface area contributed by atoms with E-state index in [1.807, 2.05) is 0 Å². The normalized spacial score (nSPS) is 28.9. The van der Waals surface area contributed by atoms with Gasteiger partial charge in [0.05, 0.1) is 5.92 Å². The van der Waals surface area contributed by atoms with Crippen molar-refractivity contribution in [2.45, 2.75) is 39.0 Å². The monoisotopic (exact) mass is 260 g/mol. The van der Waals surface area contributed by atoms with E-state index >= 15 is 0 Å². The van der Waals surface area contributed by atoms with Crippen LogP contribution < -0.4 is 5.32 Å². The van der Waals surface area contributed by atoms with Crippen molar-refractivity contribution in [3.8, 4) is 0 Å². The quantitative estimate of drug-likeness (QED) is 0.843. The Balaban J connectivity index is 0.00000144. The third kappa shape index (κ3) is 3.85. The molecule has 4 heteroatoms. The number of rotatable bonds is 3. The Kier molecular flexibility index (Phi) is 6.28. The molecule has 2 unspecified atom stereocenters. The fourth-order valence-corrected chi connectivity index (χ4v) is 3.03. The predicted molar refractivity (Wildman–Crippen MR) is 72.4 cm³/mol. The van der Waals surface area contributed by atoms with Crippen LogP contribution in [0.2, 0.25) is 0 Å². The number of nitrogens with zero attached hydrogens (tertiary/aromatic N) is 1. The number of carbonyl (C=O) groups excluding carboxylic acids is 1. The van der Waals surface area contributed by atoms with E-state index in [-0.39, 0.29) is 18.3 Å². The van der Waals surface area contributed by atoms with Crippen molar-refractivity contribution in [1.29, 1.82) is 0 Å². The Labute approximate surface area is 111 Å². The fraction of sp³-hybridized carbons (Fsp3) is 0.923. The van der Waals surface area contributed by atoms with Gasteiger partial charge in [0.25, 0.3) is 0 Å². The lowest BCUT2D eigenvalue weighted by Gasteiger charge is -2.34. The number of amides is 1. The highest BCUT2D eigenvalue weighted by molar-refractivity contribution is 5.85. The first-order chi connectivity index (χ1) is 7.81. The SMILES string of the molecule is CCCC1CCCN(C(=O)C2CCNC2)C1.Cl. The number of halogens is 1. The summed E-state index contributed by atoms with van der Waals surface area (Å²) in [4.78, 5) is 14.4. The minimum atomic E-state index is 0. The van der Waals surface area contributed by atoms with E-state index < -0.39 is 0 Å². The zero-order chi connectivity index (χ0) is 11.4. The summed E-state index contributed by atoms with van der Waals surface area (Å²) in [5.41, 5.74) is 0. The first-order valence-electron chi connectivity index (χ1n) is 6.80. The molecule has 2 atom stereocenters. The summed E-state index contributed by atoms with van der Waals surface area (Å²) in [6.45, 7) is 6.16. The van der Waals surface area contributed by atoms with Gasteiger partial charge >= 0.3 is 0 Å². The van der Waals surface area contributed by atoms with Crippen molar-refractivity contribution < 1.29 is 4.79 Å². The van der Waals surface area contributed by atoms with E-state index in [1.54, 1.807) is 0 Å². The molecule has 2 aliphatic rings. The molecule has 0 aromatic rings. The van der Waals surface area contributed by atoms with Crippen LogP contribution in [0.4, 0.5) is 0 Å². The standard InChI is InChI=1S/C13H24N2O.ClH/c1-2-4-11-5-3-8-15(10-11)13(16)12-6-7-14-9-12;/h11-12,14H,2-10H2,1H3;1H. The molecule has 2 heterocycles. The highest BCUT2D eigenvalue weighted by Crippen LogP contribution is 2.23. The first-order valence-corrected chi connectivity index (χ1v) is 6.80. The molecule has 2 fully saturated rings. The molecule has 0 radical (unpaired) electrons. The number of hydrogen-bond donors (Lipinski definition) is 1. The summed E-state index contributed by atoms with van der Waals surface area (Å²) >= 11 is 0. The van der Waals surface area contributed by atoms with Crippen molar-refractivity contribution in [2.24, 2.45) is 11.8 Å². The lowest BCUT2D eigenvalue weighted by molar-refractivity contribution is -0.136. The van der Waals surface area contributed by atoms with Crippen molar-refractivity contribution in [3.05, 3.63) is 0 Å². The molecule has 2 aliphatic heterocycles. The maximum absolute atomic E-state index is 12.2. The van der Waals surface area contributed by atoms with Crippen LogP contribution in [-0.2, 0) is 4.79 Å². The highest BCUT2D eigenvalue weighted by atomic mass is 35.5. The summed E-state index contributed by atoms with van der Waals surface area (Å²) in [6.07, 6.45) is 6.09. The van der Waals surface area contributed by atoms with Gasteiger partial charge in [-0.25, -0.2) is 0 Å². The van der Waals surface area contributed by atoms with Crippen LogP contribution in [0, 0.1) is 11.8 Å². The zero-order valence-electron chi connectivity index (χ0n) is 10.8. The zero-order valence-corrected chi connectivity index (χ0v) is 11.6. The van der Waals surface area contributed by atoms with Crippen molar-refractivity contribution >= 4 is 18.3 Å². The van der Waals surface area contributed by atoms with Gasteiger partial charge in [-0.2, -0.15) is 0 Å². The van der Waals surface area contributed by atoms with E-state index in [0.717, 1.165) is 38.5 Å². The van der Waals surface area contributed by atoms with Gasteiger partial charge in [0.1, 0.15) is 0 Å². The Hall–Kier alpha value is -0.280. The van der Waals surface area contributed by atoms with Gasteiger partial charge in [-0.15, -0.1) is 12.4 Å². The average molecular weight is 261 g/mol. The molecule has 0 spiro atoms. The second kappa shape index (κ2) is 7.22. The number of likely N-dealkylation sites (tertiary alicyclic amines) is 1. The molecule has 100 valence electrons. The molecule has 0 bridgehead atoms. The van der Waals surface area contributed by atoms with Gasteiger partial charge < -0.3 is 10.2 Å². The van der Waals surface area contributed by atoms with Crippen LogP contribution in [0.3, 0.4) is 0 Å². The van der Waals surface area contributed by atoms with Gasteiger partial charge in [-0.3, -0.25) is 4.79 Å². The fourth-order valence-electron chi connectivity index (χ4n) is 3.03. The number of piperidine rings is 1. The molecule has 2 rings (SSSR count). The van der Waals surface area contributed by atoms with Gasteiger partial charge in [-0.05, 0) is 38.1 Å². The Morgan fingerprint density at radius 3 is 2.88 bits per heavy atom. The topological polar surface area (TPSA) is 32.3 Å². The van der Waals surface area contributed by atoms with Gasteiger partial charge in [0, 0.05) is 19.6 Å². The minimum Gasteiger partial charge on any atom is -0.342 e. The lowest BCUT2D eigenvalue weighted by atomic mass is 9.92. The van der Waals surface area contributed by atoms with E-state index in [4.69, 9.17) is 0 Å². The van der Waals surface area contributed by atoms with Crippen LogP contribution >= 0.6 is 12.4 Å². The maximum Gasteiger partial charge on any atom is 0.227 e. The molecule has 1 amide bonds. The van der Waals surface area contributed by atoms with Crippen molar-refractivity contribution in [1.82, 2.24) is 10.2 Å². The van der Waals surface area contributed by atoms with Crippen molar-refractivity contribution in [3.63, 3.8) is 0 Å². The molecule has 3 nitrogen and oxygen atoms in total. The molecule has 0 aliphatic carbocycles. The third-order valence-electron chi connectivity index (χ3n) is 3.94. The minimum absolute atomic E-state index is 0. The second-order valence-corrected chi connectivity index (χ2v) is 5.27. The van der Waals surface area contributed by atoms with E-state index in [2.05, 4.69) is 17.1 Å². The smallest absolute Gasteiger partial charge is 0.227 e. The summed E-state index contributed by atoms with van der Waals surface area (Å²) in [5.74, 6) is 1.43. The Morgan fingerprint density at radius 1 is 1.41 bits per heavy atom. The highest BCUT2D eigenvalue weighted by Gasteiger charge is 2.30. The average Bonchev–Trinajstić information content (AvgIpc) is 2.82. The first kappa shape index (κ1) is 14.8. The molecule has 0 aromatic heterocycles. The molecule has 1 N–H and O–H groups in total. The molecule has 0 saturated carbocycles. The number of hydrogen-bond acceptors (Lipinski definition) is 2. The van der Waals surface area contributed by atoms with Gasteiger partial charge in [0.15, 0.2) is 0 Å². The Morgan fingerprint density at radius 2 is 2.24 bits per heavy atom. The number of nitrogens with one attached hydrogen (secondary N) is 1. The summed E-state index contributed by atoms with van der Waals surface area (Å²) in [5, 5.41) is 3.28. The molecule has 0 aromatic carbocycles. The summed E-state index contributed by atoms with van der Waals surface area (Å²) < 4.78 is 0. The van der Waals surface area contributed by atoms with Crippen LogP contribution in [-0.4, -0.2) is 37.0 Å².